The van der Waals surface area contributed by atoms with E-state index >= 15 is 0 Å². The number of ether oxygens (including phenoxy) is 1. The molecule has 5 fully saturated rings. The lowest BCUT2D eigenvalue weighted by Crippen LogP contribution is -2.63. The Hall–Kier alpha value is -1.88. The first kappa shape index (κ1) is 35.6. The van der Waals surface area contributed by atoms with Crippen LogP contribution in [0.2, 0.25) is 0 Å². The van der Waals surface area contributed by atoms with E-state index in [1.165, 1.54) is 57.7 Å². The summed E-state index contributed by atoms with van der Waals surface area (Å²) in [4.78, 5) is 24.0. The zero-order chi connectivity index (χ0) is 30.8. The van der Waals surface area contributed by atoms with Gasteiger partial charge in [-0.15, -0.1) is 6.58 Å². The number of carbonyl (C=O) groups excluding carboxylic acids is 2. The largest absolute Gasteiger partial charge is 0.468 e. The molecule has 1 aromatic rings. The predicted molar refractivity (Wildman–Crippen MR) is 176 cm³/mol. The van der Waals surface area contributed by atoms with Crippen molar-refractivity contribution in [3.63, 3.8) is 0 Å². The van der Waals surface area contributed by atoms with Gasteiger partial charge < -0.3 is 19.3 Å². The lowest BCUT2D eigenvalue weighted by atomic mass is 9.36. The Morgan fingerprint density at radius 3 is 2.30 bits per heavy atom. The van der Waals surface area contributed by atoms with Gasteiger partial charge in [-0.1, -0.05) is 47.6 Å². The van der Waals surface area contributed by atoms with Gasteiger partial charge in [-0.05, 0) is 131 Å². The number of rotatable bonds is 4. The van der Waals surface area contributed by atoms with E-state index in [1.807, 2.05) is 26.1 Å². The van der Waals surface area contributed by atoms with Crippen LogP contribution in [0.5, 0.6) is 0 Å². The van der Waals surface area contributed by atoms with Gasteiger partial charge in [0.05, 0.1) is 12.8 Å². The number of fused-ring (bicyclic) bond motifs is 7. The average molecular weight is 598 g/mol. The standard InChI is InChI=1S/C28H44O3.C6H9NO.C3H6.CH4/c1-18(30)31-24-12-15-27(5)22(25(24,2)3)11-14-26(4)20-10-16-28(17-29)13-6-7-21(28)19(20)8-9-23(26)27;1-7-5-6-3-2-4-8-6;1-3-2;/h17,19-24H,6-16H2,1-5H3;2-4,7H,5H2,1H3;3H,1H2,2H3;1H4. The third-order valence-electron chi connectivity index (χ3n) is 13.0. The van der Waals surface area contributed by atoms with Crippen LogP contribution in [0.25, 0.3) is 0 Å². The van der Waals surface area contributed by atoms with Gasteiger partial charge >= 0.3 is 5.97 Å². The first-order valence-electron chi connectivity index (χ1n) is 16.8. The number of carbonyl (C=O) groups is 2. The maximum absolute atomic E-state index is 12.2. The normalized spacial score (nSPS) is 40.2. The fourth-order valence-electron chi connectivity index (χ4n) is 11.4. The predicted octanol–water partition coefficient (Wildman–Crippen LogP) is 9.41. The van der Waals surface area contributed by atoms with E-state index in [9.17, 15) is 9.59 Å². The molecule has 5 nitrogen and oxygen atoms in total. The maximum Gasteiger partial charge on any atom is 0.302 e. The second kappa shape index (κ2) is 14.0. The van der Waals surface area contributed by atoms with Gasteiger partial charge in [0.25, 0.3) is 0 Å². The zero-order valence-electron chi connectivity index (χ0n) is 27.7. The van der Waals surface area contributed by atoms with Crippen molar-refractivity contribution in [3.05, 3.63) is 36.8 Å². The van der Waals surface area contributed by atoms with Crippen LogP contribution < -0.4 is 5.32 Å². The summed E-state index contributed by atoms with van der Waals surface area (Å²) in [6.45, 7) is 17.6. The minimum absolute atomic E-state index is 0. The van der Waals surface area contributed by atoms with Crippen molar-refractivity contribution in [1.29, 1.82) is 0 Å². The van der Waals surface area contributed by atoms with Crippen molar-refractivity contribution in [2.75, 3.05) is 7.05 Å². The molecule has 0 aromatic carbocycles. The van der Waals surface area contributed by atoms with Gasteiger partial charge in [-0.3, -0.25) is 4.79 Å². The van der Waals surface area contributed by atoms with E-state index in [1.54, 1.807) is 19.3 Å². The number of allylic oxidation sites excluding steroid dienone is 1. The Morgan fingerprint density at radius 2 is 1.70 bits per heavy atom. The number of nitrogens with one attached hydrogen (secondary N) is 1. The van der Waals surface area contributed by atoms with E-state index in [0.29, 0.717) is 22.7 Å². The molecule has 0 saturated heterocycles. The molecule has 0 spiro atoms. The second-order valence-corrected chi connectivity index (χ2v) is 15.4. The number of hydrogen-bond acceptors (Lipinski definition) is 5. The first-order valence-corrected chi connectivity index (χ1v) is 16.8. The van der Waals surface area contributed by atoms with Crippen molar-refractivity contribution < 1.29 is 18.7 Å². The van der Waals surface area contributed by atoms with Crippen LogP contribution in [-0.2, 0) is 20.9 Å². The Morgan fingerprint density at radius 1 is 1.00 bits per heavy atom. The Bertz CT molecular complexity index is 1060. The molecule has 0 aliphatic heterocycles. The van der Waals surface area contributed by atoms with E-state index < -0.39 is 0 Å². The van der Waals surface area contributed by atoms with E-state index in [4.69, 9.17) is 9.15 Å². The van der Waals surface area contributed by atoms with Gasteiger partial charge in [-0.2, -0.15) is 0 Å². The molecule has 9 unspecified atom stereocenters. The summed E-state index contributed by atoms with van der Waals surface area (Å²) >= 11 is 0. The molecule has 1 N–H and O–H groups in total. The van der Waals surface area contributed by atoms with Gasteiger partial charge in [-0.25, -0.2) is 0 Å². The number of aldehydes is 1. The maximum atomic E-state index is 12.2. The van der Waals surface area contributed by atoms with Crippen LogP contribution in [0.1, 0.15) is 125 Å². The van der Waals surface area contributed by atoms with Gasteiger partial charge in [0, 0.05) is 17.8 Å². The van der Waals surface area contributed by atoms with E-state index in [0.717, 1.165) is 49.3 Å². The van der Waals surface area contributed by atoms with Gasteiger partial charge in [0.15, 0.2) is 0 Å². The van der Waals surface area contributed by atoms with E-state index in [-0.39, 0.29) is 30.3 Å². The molecule has 0 bridgehead atoms. The summed E-state index contributed by atoms with van der Waals surface area (Å²) in [6, 6.07) is 3.82. The molecule has 1 aromatic heterocycles. The van der Waals surface area contributed by atoms with Crippen molar-refractivity contribution in [1.82, 2.24) is 5.32 Å². The van der Waals surface area contributed by atoms with Gasteiger partial charge in [0.2, 0.25) is 0 Å². The molecule has 5 saturated carbocycles. The van der Waals surface area contributed by atoms with Gasteiger partial charge in [0.1, 0.15) is 18.2 Å². The summed E-state index contributed by atoms with van der Waals surface area (Å²) in [5.74, 6) is 4.47. The van der Waals surface area contributed by atoms with Crippen molar-refractivity contribution in [3.8, 4) is 0 Å². The lowest BCUT2D eigenvalue weighted by molar-refractivity contribution is -0.220. The monoisotopic (exact) mass is 597 g/mol. The molecule has 43 heavy (non-hydrogen) atoms. The summed E-state index contributed by atoms with van der Waals surface area (Å²) < 4.78 is 10.9. The smallest absolute Gasteiger partial charge is 0.302 e. The van der Waals surface area contributed by atoms with Crippen LogP contribution in [0, 0.1) is 51.2 Å². The molecule has 5 aliphatic rings. The summed E-state index contributed by atoms with van der Waals surface area (Å²) in [5, 5.41) is 2.98. The number of esters is 1. The van der Waals surface area contributed by atoms with Crippen molar-refractivity contribution >= 4 is 12.3 Å². The van der Waals surface area contributed by atoms with Crippen molar-refractivity contribution in [2.45, 2.75) is 132 Å². The summed E-state index contributed by atoms with van der Waals surface area (Å²) in [7, 11) is 1.89. The molecule has 5 heteroatoms. The second-order valence-electron chi connectivity index (χ2n) is 15.4. The molecule has 0 radical (unpaired) electrons. The van der Waals surface area contributed by atoms with Crippen molar-refractivity contribution in [2.24, 2.45) is 51.2 Å². The molecular weight excluding hydrogens is 534 g/mol. The average Bonchev–Trinajstić information content (AvgIpc) is 3.61. The highest BCUT2D eigenvalue weighted by molar-refractivity contribution is 5.66. The summed E-state index contributed by atoms with van der Waals surface area (Å²) in [5.41, 5.74) is 0.820. The van der Waals surface area contributed by atoms with Crippen LogP contribution in [0.4, 0.5) is 0 Å². The van der Waals surface area contributed by atoms with E-state index in [2.05, 4.69) is 39.6 Å². The number of hydrogen-bond donors (Lipinski definition) is 1. The number of furan rings is 1. The highest BCUT2D eigenvalue weighted by Crippen LogP contribution is 2.72. The van der Waals surface area contributed by atoms with Crippen LogP contribution in [0.3, 0.4) is 0 Å². The minimum atomic E-state index is -0.125. The Balaban J connectivity index is 0.000000359. The molecule has 5 aliphatic carbocycles. The van der Waals surface area contributed by atoms with Crippen LogP contribution in [-0.4, -0.2) is 25.4 Å². The fourth-order valence-corrected chi connectivity index (χ4v) is 11.4. The topological polar surface area (TPSA) is 68.5 Å². The third-order valence-corrected chi connectivity index (χ3v) is 13.0. The van der Waals surface area contributed by atoms with Crippen LogP contribution >= 0.6 is 0 Å². The SMILES string of the molecule is C.C=CC.CC(=O)OC1CCC2(C)C(CCC3(C)C4CCC5(C=O)CCCC5C4CCC32)C1(C)C.CNCc1ccco1. The molecule has 6 rings (SSSR count). The Kier molecular flexibility index (Phi) is 11.6. The molecule has 9 atom stereocenters. The lowest BCUT2D eigenvalue weighted by Gasteiger charge is -2.69. The quantitative estimate of drug-likeness (QED) is 0.213. The fraction of sp³-hybridized carbons (Fsp3) is 0.789. The first-order chi connectivity index (χ1) is 19.9. The molecule has 1 heterocycles. The highest BCUT2D eigenvalue weighted by Gasteiger charge is 2.66. The molecule has 0 amide bonds. The molecular formula is C38H63NO4. The third kappa shape index (κ3) is 6.44. The highest BCUT2D eigenvalue weighted by atomic mass is 16.5. The Labute approximate surface area is 263 Å². The minimum Gasteiger partial charge on any atom is -0.468 e. The summed E-state index contributed by atoms with van der Waals surface area (Å²) in [6.07, 6.45) is 18.4. The van der Waals surface area contributed by atoms with Crippen LogP contribution in [0.15, 0.2) is 35.5 Å². The molecule has 244 valence electrons. The zero-order valence-corrected chi connectivity index (χ0v) is 27.7.